The van der Waals surface area contributed by atoms with E-state index in [1.165, 1.54) is 0 Å². The number of non-ortho nitro benzene ring substituents is 1. The third-order valence-electron chi connectivity index (χ3n) is 2.47. The summed E-state index contributed by atoms with van der Waals surface area (Å²) >= 11 is 0. The quantitative estimate of drug-likeness (QED) is 0.234. The van der Waals surface area contributed by atoms with Gasteiger partial charge in [0.25, 0.3) is 5.69 Å². The van der Waals surface area contributed by atoms with Crippen molar-refractivity contribution in [1.82, 2.24) is 0 Å². The summed E-state index contributed by atoms with van der Waals surface area (Å²) in [5.74, 6) is -3.68. The van der Waals surface area contributed by atoms with Crippen molar-refractivity contribution in [3.8, 4) is 0 Å². The second-order valence-electron chi connectivity index (χ2n) is 3.50. The SMILES string of the molecule is CC(C(=O)[O-])(C(=O)[O-])c1ccc([N+](=O)[O-])cc1.[Na+].[Na+]. The van der Waals surface area contributed by atoms with Crippen LogP contribution in [0.1, 0.15) is 12.5 Å². The van der Waals surface area contributed by atoms with Crippen LogP contribution in [0.25, 0.3) is 0 Å². The molecule has 1 aromatic carbocycles. The van der Waals surface area contributed by atoms with Gasteiger partial charge in [0.05, 0.1) is 22.3 Å². The number of carboxylic acids is 2. The third kappa shape index (κ3) is 4.27. The van der Waals surface area contributed by atoms with E-state index in [2.05, 4.69) is 0 Å². The van der Waals surface area contributed by atoms with E-state index in [0.717, 1.165) is 31.2 Å². The zero-order valence-corrected chi connectivity index (χ0v) is 14.7. The molecule has 0 atom stereocenters. The molecule has 0 saturated carbocycles. The maximum atomic E-state index is 10.8. The molecule has 0 unspecified atom stereocenters. The summed E-state index contributed by atoms with van der Waals surface area (Å²) < 4.78 is 0. The van der Waals surface area contributed by atoms with E-state index in [0.29, 0.717) is 0 Å². The Hall–Kier alpha value is -0.440. The van der Waals surface area contributed by atoms with Gasteiger partial charge in [-0.2, -0.15) is 0 Å². The van der Waals surface area contributed by atoms with Crippen LogP contribution in [0.3, 0.4) is 0 Å². The van der Waals surface area contributed by atoms with E-state index in [1.807, 2.05) is 0 Å². The number of carboxylic acid groups (broad SMARTS) is 2. The molecule has 0 aliphatic carbocycles. The smallest absolute Gasteiger partial charge is 0.549 e. The van der Waals surface area contributed by atoms with Crippen LogP contribution >= 0.6 is 0 Å². The average molecular weight is 283 g/mol. The summed E-state index contributed by atoms with van der Waals surface area (Å²) in [4.78, 5) is 31.3. The average Bonchev–Trinajstić information content (AvgIpc) is 2.27. The van der Waals surface area contributed by atoms with Gasteiger partial charge in [0.2, 0.25) is 0 Å². The maximum absolute atomic E-state index is 10.8. The zero-order valence-electron chi connectivity index (χ0n) is 10.7. The largest absolute Gasteiger partial charge is 1.00 e. The molecule has 0 amide bonds. The van der Waals surface area contributed by atoms with Gasteiger partial charge in [0, 0.05) is 12.1 Å². The molecular formula is C10H7NNa2O6. The van der Waals surface area contributed by atoms with Crippen molar-refractivity contribution in [2.75, 3.05) is 0 Å². The molecule has 1 aromatic rings. The molecule has 0 aliphatic rings. The number of rotatable bonds is 4. The minimum atomic E-state index is -2.34. The van der Waals surface area contributed by atoms with E-state index in [9.17, 15) is 29.9 Å². The molecule has 0 saturated heterocycles. The number of nitrogens with zero attached hydrogens (tertiary/aromatic N) is 1. The van der Waals surface area contributed by atoms with Crippen LogP contribution in [0, 0.1) is 10.1 Å². The van der Waals surface area contributed by atoms with Crippen LogP contribution in [-0.4, -0.2) is 16.9 Å². The van der Waals surface area contributed by atoms with Crippen molar-refractivity contribution in [1.29, 1.82) is 0 Å². The van der Waals surface area contributed by atoms with Gasteiger partial charge < -0.3 is 19.8 Å². The minimum Gasteiger partial charge on any atom is -0.549 e. The summed E-state index contributed by atoms with van der Waals surface area (Å²) in [6.45, 7) is 0.902. The Morgan fingerprint density at radius 1 is 1.05 bits per heavy atom. The van der Waals surface area contributed by atoms with E-state index >= 15 is 0 Å². The number of carbonyl (C=O) groups excluding carboxylic acids is 2. The topological polar surface area (TPSA) is 123 Å². The molecule has 0 aliphatic heterocycles. The van der Waals surface area contributed by atoms with Crippen LogP contribution in [-0.2, 0) is 15.0 Å². The van der Waals surface area contributed by atoms with Gasteiger partial charge in [-0.3, -0.25) is 10.1 Å². The van der Waals surface area contributed by atoms with E-state index in [1.54, 1.807) is 0 Å². The van der Waals surface area contributed by atoms with Gasteiger partial charge in [-0.05, 0) is 12.5 Å². The summed E-state index contributed by atoms with van der Waals surface area (Å²) in [6, 6.07) is 4.12. The van der Waals surface area contributed by atoms with Gasteiger partial charge in [0.15, 0.2) is 0 Å². The van der Waals surface area contributed by atoms with Gasteiger partial charge in [-0.1, -0.05) is 12.1 Å². The van der Waals surface area contributed by atoms with Crippen molar-refractivity contribution in [3.05, 3.63) is 39.9 Å². The maximum Gasteiger partial charge on any atom is 1.00 e. The summed E-state index contributed by atoms with van der Waals surface area (Å²) in [5.41, 5.74) is -2.76. The van der Waals surface area contributed by atoms with E-state index in [-0.39, 0.29) is 70.4 Å². The van der Waals surface area contributed by atoms with Crippen molar-refractivity contribution in [3.63, 3.8) is 0 Å². The van der Waals surface area contributed by atoms with Crippen LogP contribution < -0.4 is 69.3 Å². The van der Waals surface area contributed by atoms with Gasteiger partial charge in [0.1, 0.15) is 0 Å². The Balaban J connectivity index is 0. The van der Waals surface area contributed by atoms with Crippen molar-refractivity contribution in [2.24, 2.45) is 0 Å². The van der Waals surface area contributed by atoms with Crippen LogP contribution in [0.4, 0.5) is 5.69 Å². The molecule has 0 aromatic heterocycles. The first-order chi connectivity index (χ1) is 7.80. The number of nitro groups is 1. The molecule has 7 nitrogen and oxygen atoms in total. The standard InChI is InChI=1S/C10H9NO6.2Na/c1-10(8(12)13,9(14)15)6-2-4-7(5-3-6)11(16)17;;/h2-5H,1H3,(H,12,13)(H,14,15);;/q;2*+1/p-2. The predicted octanol–water partition coefficient (Wildman–Crippen LogP) is -7.64. The van der Waals surface area contributed by atoms with E-state index in [4.69, 9.17) is 0 Å². The molecule has 0 fully saturated rings. The fourth-order valence-corrected chi connectivity index (χ4v) is 1.24. The van der Waals surface area contributed by atoms with Gasteiger partial charge in [-0.15, -0.1) is 0 Å². The second kappa shape index (κ2) is 7.98. The van der Waals surface area contributed by atoms with Crippen molar-refractivity contribution < 1.29 is 83.8 Å². The first-order valence-corrected chi connectivity index (χ1v) is 4.48. The van der Waals surface area contributed by atoms with Crippen molar-refractivity contribution >= 4 is 17.6 Å². The summed E-state index contributed by atoms with van der Waals surface area (Å²) in [6.07, 6.45) is 0. The predicted molar refractivity (Wildman–Crippen MR) is 50.5 cm³/mol. The molecule has 0 heterocycles. The second-order valence-corrected chi connectivity index (χ2v) is 3.50. The number of hydrogen-bond acceptors (Lipinski definition) is 6. The first kappa shape index (κ1) is 20.9. The van der Waals surface area contributed by atoms with Gasteiger partial charge >= 0.3 is 59.1 Å². The Morgan fingerprint density at radius 3 is 1.68 bits per heavy atom. The first-order valence-electron chi connectivity index (χ1n) is 4.48. The Morgan fingerprint density at radius 2 is 1.42 bits per heavy atom. The third-order valence-corrected chi connectivity index (χ3v) is 2.47. The molecule has 0 bridgehead atoms. The molecule has 1 rings (SSSR count). The Labute approximate surface area is 152 Å². The molecule has 0 spiro atoms. The minimum absolute atomic E-state index is 0. The number of nitro benzene ring substituents is 1. The summed E-state index contributed by atoms with van der Waals surface area (Å²) in [5, 5.41) is 32.0. The molecule has 9 heteroatoms. The fourth-order valence-electron chi connectivity index (χ4n) is 1.24. The normalized spacial score (nSPS) is 9.74. The fraction of sp³-hybridized carbons (Fsp3) is 0.200. The van der Waals surface area contributed by atoms with Crippen LogP contribution in [0.5, 0.6) is 0 Å². The molecule has 0 N–H and O–H groups in total. The number of benzene rings is 1. The van der Waals surface area contributed by atoms with Gasteiger partial charge in [-0.25, -0.2) is 0 Å². The molecule has 90 valence electrons. The van der Waals surface area contributed by atoms with Crippen LogP contribution in [0.2, 0.25) is 0 Å². The molecule has 0 radical (unpaired) electrons. The summed E-state index contributed by atoms with van der Waals surface area (Å²) in [7, 11) is 0. The number of carbonyl (C=O) groups is 2. The van der Waals surface area contributed by atoms with Crippen molar-refractivity contribution in [2.45, 2.75) is 12.3 Å². The molecule has 19 heavy (non-hydrogen) atoms. The Bertz CT molecular complexity index is 473. The number of aliphatic carboxylic acids is 2. The Kier molecular flexibility index (Phi) is 8.77. The zero-order chi connectivity index (χ0) is 13.2. The van der Waals surface area contributed by atoms with E-state index < -0.39 is 22.3 Å². The molecular weight excluding hydrogens is 276 g/mol. The van der Waals surface area contributed by atoms with Crippen LogP contribution in [0.15, 0.2) is 24.3 Å². The monoisotopic (exact) mass is 283 g/mol. The number of hydrogen-bond donors (Lipinski definition) is 0.